The monoisotopic (exact) mass is 270 g/mol. The van der Waals surface area contributed by atoms with Gasteiger partial charge in [0.2, 0.25) is 0 Å². The third-order valence-corrected chi connectivity index (χ3v) is 4.01. The Morgan fingerprint density at radius 2 is 2.05 bits per heavy atom. The lowest BCUT2D eigenvalue weighted by Gasteiger charge is -2.22. The number of hydrogen-bond donors (Lipinski definition) is 1. The first-order valence-corrected chi connectivity index (χ1v) is 7.21. The smallest absolute Gasteiger partial charge is 0.148 e. The third-order valence-electron chi connectivity index (χ3n) is 4.01. The first kappa shape index (κ1) is 13.2. The molecule has 1 aromatic carbocycles. The summed E-state index contributed by atoms with van der Waals surface area (Å²) in [4.78, 5) is 2.32. The van der Waals surface area contributed by atoms with Crippen LogP contribution in [0.15, 0.2) is 30.3 Å². The normalized spacial score (nSPS) is 16.8. The van der Waals surface area contributed by atoms with E-state index in [-0.39, 0.29) is 6.04 Å². The van der Waals surface area contributed by atoms with Crippen molar-refractivity contribution in [3.63, 3.8) is 0 Å². The van der Waals surface area contributed by atoms with Crippen LogP contribution in [0.25, 0.3) is 0 Å². The van der Waals surface area contributed by atoms with E-state index in [9.17, 15) is 0 Å². The first-order chi connectivity index (χ1) is 9.63. The second-order valence-electron chi connectivity index (χ2n) is 5.70. The van der Waals surface area contributed by atoms with Gasteiger partial charge < -0.3 is 5.32 Å². The number of aryl methyl sites for hydroxylation is 1. The summed E-state index contributed by atoms with van der Waals surface area (Å²) in [5.41, 5.74) is 3.94. The van der Waals surface area contributed by atoms with Gasteiger partial charge in [-0.3, -0.25) is 9.58 Å². The van der Waals surface area contributed by atoms with Crippen molar-refractivity contribution in [2.75, 3.05) is 18.9 Å². The molecule has 0 fully saturated rings. The maximum atomic E-state index is 4.66. The fourth-order valence-corrected chi connectivity index (χ4v) is 2.84. The van der Waals surface area contributed by atoms with Crippen molar-refractivity contribution in [3.8, 4) is 0 Å². The molecular formula is C16H22N4. The molecule has 20 heavy (non-hydrogen) atoms. The van der Waals surface area contributed by atoms with Crippen LogP contribution in [0, 0.1) is 6.92 Å². The molecule has 0 radical (unpaired) electrons. The molecule has 2 aromatic rings. The molecule has 0 saturated heterocycles. The van der Waals surface area contributed by atoms with E-state index in [1.54, 1.807) is 0 Å². The number of likely N-dealkylation sites (N-methyl/N-ethyl adjacent to an activating group) is 1. The average Bonchev–Trinajstić information content (AvgIpc) is 2.80. The van der Waals surface area contributed by atoms with Gasteiger partial charge in [0.05, 0.1) is 18.3 Å². The SMILES string of the molecule is Cc1ccccc1C(C)Nc1cc2n(n1)CCN(C)C2. The Morgan fingerprint density at radius 3 is 2.85 bits per heavy atom. The van der Waals surface area contributed by atoms with Gasteiger partial charge in [0.15, 0.2) is 0 Å². The molecule has 1 aromatic heterocycles. The van der Waals surface area contributed by atoms with E-state index in [0.717, 1.165) is 25.5 Å². The molecule has 0 saturated carbocycles. The zero-order valence-corrected chi connectivity index (χ0v) is 12.4. The highest BCUT2D eigenvalue weighted by molar-refractivity contribution is 5.41. The molecule has 0 bridgehead atoms. The molecule has 1 atom stereocenters. The van der Waals surface area contributed by atoms with Crippen molar-refractivity contribution >= 4 is 5.82 Å². The number of hydrogen-bond acceptors (Lipinski definition) is 3. The van der Waals surface area contributed by atoms with E-state index in [1.807, 2.05) is 0 Å². The average molecular weight is 270 g/mol. The van der Waals surface area contributed by atoms with Crippen molar-refractivity contribution in [1.82, 2.24) is 14.7 Å². The summed E-state index contributed by atoms with van der Waals surface area (Å²) in [6, 6.07) is 10.9. The van der Waals surface area contributed by atoms with Gasteiger partial charge in [0.25, 0.3) is 0 Å². The topological polar surface area (TPSA) is 33.1 Å². The number of aromatic nitrogens is 2. The predicted molar refractivity (Wildman–Crippen MR) is 81.8 cm³/mol. The van der Waals surface area contributed by atoms with Crippen LogP contribution in [-0.4, -0.2) is 28.3 Å². The fraction of sp³-hybridized carbons (Fsp3) is 0.438. The second kappa shape index (κ2) is 5.29. The van der Waals surface area contributed by atoms with E-state index in [2.05, 4.69) is 71.2 Å². The highest BCUT2D eigenvalue weighted by atomic mass is 15.4. The molecule has 106 valence electrons. The summed E-state index contributed by atoms with van der Waals surface area (Å²) in [6.45, 7) is 7.37. The third kappa shape index (κ3) is 2.56. The molecule has 1 aliphatic heterocycles. The van der Waals surface area contributed by atoms with Gasteiger partial charge in [0.1, 0.15) is 5.82 Å². The lowest BCUT2D eigenvalue weighted by atomic mass is 10.0. The van der Waals surface area contributed by atoms with Gasteiger partial charge in [-0.05, 0) is 32.0 Å². The quantitative estimate of drug-likeness (QED) is 0.931. The Morgan fingerprint density at radius 1 is 1.25 bits per heavy atom. The molecular weight excluding hydrogens is 248 g/mol. The molecule has 3 rings (SSSR count). The Bertz CT molecular complexity index is 602. The standard InChI is InChI=1S/C16H22N4/c1-12-6-4-5-7-15(12)13(2)17-16-10-14-11-19(3)8-9-20(14)18-16/h4-7,10,13H,8-9,11H2,1-3H3,(H,17,18). The van der Waals surface area contributed by atoms with E-state index in [4.69, 9.17) is 0 Å². The van der Waals surface area contributed by atoms with Crippen molar-refractivity contribution in [3.05, 3.63) is 47.2 Å². The van der Waals surface area contributed by atoms with Gasteiger partial charge in [0, 0.05) is 19.2 Å². The van der Waals surface area contributed by atoms with Crippen molar-refractivity contribution in [1.29, 1.82) is 0 Å². The molecule has 0 amide bonds. The van der Waals surface area contributed by atoms with Crippen molar-refractivity contribution < 1.29 is 0 Å². The van der Waals surface area contributed by atoms with Gasteiger partial charge >= 0.3 is 0 Å². The van der Waals surface area contributed by atoms with Gasteiger partial charge in [-0.1, -0.05) is 24.3 Å². The van der Waals surface area contributed by atoms with Crippen LogP contribution < -0.4 is 5.32 Å². The van der Waals surface area contributed by atoms with E-state index in [0.29, 0.717) is 0 Å². The minimum absolute atomic E-state index is 0.269. The van der Waals surface area contributed by atoms with Crippen LogP contribution in [0.2, 0.25) is 0 Å². The van der Waals surface area contributed by atoms with Crippen molar-refractivity contribution in [2.24, 2.45) is 0 Å². The molecule has 4 nitrogen and oxygen atoms in total. The molecule has 1 N–H and O–H groups in total. The first-order valence-electron chi connectivity index (χ1n) is 7.21. The van der Waals surface area contributed by atoms with Crippen LogP contribution >= 0.6 is 0 Å². The highest BCUT2D eigenvalue weighted by Gasteiger charge is 2.16. The maximum Gasteiger partial charge on any atom is 0.148 e. The van der Waals surface area contributed by atoms with Gasteiger partial charge in [-0.2, -0.15) is 5.10 Å². The minimum atomic E-state index is 0.269. The van der Waals surface area contributed by atoms with Gasteiger partial charge in [-0.25, -0.2) is 0 Å². The zero-order valence-electron chi connectivity index (χ0n) is 12.4. The summed E-state index contributed by atoms with van der Waals surface area (Å²) in [7, 11) is 2.15. The summed E-state index contributed by atoms with van der Waals surface area (Å²) >= 11 is 0. The summed E-state index contributed by atoms with van der Waals surface area (Å²) < 4.78 is 2.12. The van der Waals surface area contributed by atoms with E-state index >= 15 is 0 Å². The van der Waals surface area contributed by atoms with Crippen LogP contribution in [-0.2, 0) is 13.1 Å². The van der Waals surface area contributed by atoms with E-state index < -0.39 is 0 Å². The minimum Gasteiger partial charge on any atom is -0.362 e. The number of fused-ring (bicyclic) bond motifs is 1. The number of anilines is 1. The summed E-state index contributed by atoms with van der Waals surface area (Å²) in [6.07, 6.45) is 0. The molecule has 2 heterocycles. The number of rotatable bonds is 3. The lowest BCUT2D eigenvalue weighted by Crippen LogP contribution is -2.30. The Hall–Kier alpha value is -1.81. The fourth-order valence-electron chi connectivity index (χ4n) is 2.84. The Kier molecular flexibility index (Phi) is 3.49. The Labute approximate surface area is 120 Å². The molecule has 0 aliphatic carbocycles. The van der Waals surface area contributed by atoms with Crippen LogP contribution in [0.4, 0.5) is 5.82 Å². The maximum absolute atomic E-state index is 4.66. The Balaban J connectivity index is 1.77. The predicted octanol–water partition coefficient (Wildman–Crippen LogP) is 2.81. The number of nitrogens with zero attached hydrogens (tertiary/aromatic N) is 3. The molecule has 1 aliphatic rings. The van der Waals surface area contributed by atoms with Crippen LogP contribution in [0.5, 0.6) is 0 Å². The molecule has 1 unspecified atom stereocenters. The molecule has 4 heteroatoms. The van der Waals surface area contributed by atoms with Crippen LogP contribution in [0.1, 0.15) is 29.8 Å². The van der Waals surface area contributed by atoms with Crippen molar-refractivity contribution in [2.45, 2.75) is 33.0 Å². The van der Waals surface area contributed by atoms with Crippen LogP contribution in [0.3, 0.4) is 0 Å². The zero-order chi connectivity index (χ0) is 14.1. The summed E-state index contributed by atoms with van der Waals surface area (Å²) in [5.74, 6) is 0.978. The largest absolute Gasteiger partial charge is 0.362 e. The number of nitrogens with one attached hydrogen (secondary N) is 1. The number of benzene rings is 1. The summed E-state index contributed by atoms with van der Waals surface area (Å²) in [5, 5.41) is 8.18. The second-order valence-corrected chi connectivity index (χ2v) is 5.70. The lowest BCUT2D eigenvalue weighted by molar-refractivity contribution is 0.259. The van der Waals surface area contributed by atoms with Gasteiger partial charge in [-0.15, -0.1) is 0 Å². The molecule has 0 spiro atoms. The highest BCUT2D eigenvalue weighted by Crippen LogP contribution is 2.23. The van der Waals surface area contributed by atoms with E-state index in [1.165, 1.54) is 16.8 Å².